The van der Waals surface area contributed by atoms with Gasteiger partial charge in [0.2, 0.25) is 0 Å². The molecule has 0 saturated heterocycles. The third kappa shape index (κ3) is 3.21. The van der Waals surface area contributed by atoms with Crippen LogP contribution in [0, 0.1) is 6.92 Å². The van der Waals surface area contributed by atoms with Gasteiger partial charge < -0.3 is 15.5 Å². The average molecular weight is 252 g/mol. The number of hydrogen-bond acceptors (Lipinski definition) is 4. The van der Waals surface area contributed by atoms with Crippen molar-refractivity contribution >= 4 is 11.7 Å². The van der Waals surface area contributed by atoms with E-state index in [0.29, 0.717) is 6.54 Å². The lowest BCUT2D eigenvalue weighted by Gasteiger charge is -2.24. The van der Waals surface area contributed by atoms with Crippen molar-refractivity contribution in [3.05, 3.63) is 29.3 Å². The summed E-state index contributed by atoms with van der Waals surface area (Å²) in [7, 11) is 1.84. The number of hydrogen-bond donors (Lipinski definition) is 4. The molecule has 5 heteroatoms. The van der Waals surface area contributed by atoms with E-state index >= 15 is 0 Å². The minimum Gasteiger partial charge on any atom is -0.480 e. The summed E-state index contributed by atoms with van der Waals surface area (Å²) in [4.78, 5) is 11.0. The van der Waals surface area contributed by atoms with Crippen LogP contribution in [-0.2, 0) is 11.3 Å². The predicted octanol–water partition coefficient (Wildman–Crippen LogP) is 0.962. The molecule has 4 N–H and O–H groups in total. The van der Waals surface area contributed by atoms with Gasteiger partial charge in [0.05, 0.1) is 6.61 Å². The monoisotopic (exact) mass is 252 g/mol. The van der Waals surface area contributed by atoms with E-state index < -0.39 is 18.1 Å². The number of rotatable bonds is 6. The highest BCUT2D eigenvalue weighted by atomic mass is 16.4. The Morgan fingerprint density at radius 2 is 2.11 bits per heavy atom. The first-order valence-corrected chi connectivity index (χ1v) is 5.79. The van der Waals surface area contributed by atoms with E-state index in [4.69, 9.17) is 10.2 Å². The van der Waals surface area contributed by atoms with E-state index in [1.165, 1.54) is 6.92 Å². The molecule has 1 aromatic rings. The highest BCUT2D eigenvalue weighted by Gasteiger charge is 2.31. The Balaban J connectivity index is 2.77. The summed E-state index contributed by atoms with van der Waals surface area (Å²) in [5.74, 6) is -1.06. The number of anilines is 1. The van der Waals surface area contributed by atoms with E-state index in [1.807, 2.05) is 32.2 Å². The summed E-state index contributed by atoms with van der Waals surface area (Å²) < 4.78 is 0. The third-order valence-electron chi connectivity index (χ3n) is 3.04. The fraction of sp³-hybridized carbons (Fsp3) is 0.462. The number of carboxylic acid groups (broad SMARTS) is 1. The van der Waals surface area contributed by atoms with Gasteiger partial charge in [-0.25, -0.2) is 0 Å². The smallest absolute Gasteiger partial charge is 0.326 e. The molecule has 0 saturated carbocycles. The van der Waals surface area contributed by atoms with Crippen LogP contribution in [0.15, 0.2) is 18.2 Å². The summed E-state index contributed by atoms with van der Waals surface area (Å²) in [6.45, 7) is 3.39. The van der Waals surface area contributed by atoms with Crippen molar-refractivity contribution in [2.24, 2.45) is 0 Å². The van der Waals surface area contributed by atoms with Gasteiger partial charge in [0, 0.05) is 19.3 Å². The molecule has 0 aliphatic carbocycles. The molecule has 1 aromatic carbocycles. The second-order valence-electron chi connectivity index (χ2n) is 4.55. The molecule has 0 amide bonds. The molecule has 1 rings (SSSR count). The van der Waals surface area contributed by atoms with Crippen LogP contribution in [0.4, 0.5) is 5.69 Å². The van der Waals surface area contributed by atoms with Crippen molar-refractivity contribution in [3.8, 4) is 0 Å². The Labute approximate surface area is 107 Å². The van der Waals surface area contributed by atoms with Crippen molar-refractivity contribution in [2.75, 3.05) is 19.0 Å². The van der Waals surface area contributed by atoms with Gasteiger partial charge in [0.15, 0.2) is 0 Å². The summed E-state index contributed by atoms with van der Waals surface area (Å²) >= 11 is 0. The second-order valence-corrected chi connectivity index (χ2v) is 4.55. The first kappa shape index (κ1) is 14.5. The van der Waals surface area contributed by atoms with Gasteiger partial charge in [0.25, 0.3) is 0 Å². The minimum atomic E-state index is -1.31. The first-order chi connectivity index (χ1) is 8.42. The molecule has 0 aliphatic heterocycles. The van der Waals surface area contributed by atoms with Gasteiger partial charge in [0.1, 0.15) is 5.54 Å². The van der Waals surface area contributed by atoms with Crippen molar-refractivity contribution < 1.29 is 15.0 Å². The number of carboxylic acids is 1. The summed E-state index contributed by atoms with van der Waals surface area (Å²) in [5.41, 5.74) is 1.79. The zero-order chi connectivity index (χ0) is 13.8. The topological polar surface area (TPSA) is 81.6 Å². The Morgan fingerprint density at radius 3 is 2.61 bits per heavy atom. The molecule has 0 spiro atoms. The van der Waals surface area contributed by atoms with Crippen molar-refractivity contribution in [1.29, 1.82) is 0 Å². The molecule has 1 unspecified atom stereocenters. The number of aryl methyl sites for hydroxylation is 1. The maximum Gasteiger partial charge on any atom is 0.326 e. The minimum absolute atomic E-state index is 0.387. The van der Waals surface area contributed by atoms with Gasteiger partial charge in [-0.1, -0.05) is 12.1 Å². The van der Waals surface area contributed by atoms with Crippen LogP contribution in [0.25, 0.3) is 0 Å². The van der Waals surface area contributed by atoms with Gasteiger partial charge in [-0.05, 0) is 31.0 Å². The molecule has 0 radical (unpaired) electrons. The standard InChI is InChI=1S/C13H20N2O3/c1-9-4-5-10(6-11(9)14-3)7-15-13(2,8-16)12(17)18/h4-6,14-16H,7-8H2,1-3H3,(H,17,18). The highest BCUT2D eigenvalue weighted by molar-refractivity contribution is 5.78. The normalized spacial score (nSPS) is 14.0. The molecule has 0 heterocycles. The van der Waals surface area contributed by atoms with Crippen molar-refractivity contribution in [2.45, 2.75) is 25.9 Å². The number of aliphatic carboxylic acids is 1. The maximum atomic E-state index is 11.0. The van der Waals surface area contributed by atoms with Crippen LogP contribution in [0.3, 0.4) is 0 Å². The summed E-state index contributed by atoms with van der Waals surface area (Å²) in [6.07, 6.45) is 0. The average Bonchev–Trinajstić information content (AvgIpc) is 2.37. The van der Waals surface area contributed by atoms with Crippen LogP contribution in [0.2, 0.25) is 0 Å². The molecule has 0 bridgehead atoms. The Kier molecular flexibility index (Phi) is 4.69. The summed E-state index contributed by atoms with van der Waals surface area (Å²) in [6, 6.07) is 5.87. The molecular formula is C13H20N2O3. The number of nitrogens with one attached hydrogen (secondary N) is 2. The molecule has 5 nitrogen and oxygen atoms in total. The highest BCUT2D eigenvalue weighted by Crippen LogP contribution is 2.16. The molecule has 0 aliphatic rings. The van der Waals surface area contributed by atoms with Gasteiger partial charge >= 0.3 is 5.97 Å². The van der Waals surface area contributed by atoms with Crippen LogP contribution >= 0.6 is 0 Å². The zero-order valence-corrected chi connectivity index (χ0v) is 10.9. The Bertz CT molecular complexity index is 434. The third-order valence-corrected chi connectivity index (χ3v) is 3.04. The van der Waals surface area contributed by atoms with Crippen LogP contribution < -0.4 is 10.6 Å². The fourth-order valence-corrected chi connectivity index (χ4v) is 1.54. The number of carbonyl (C=O) groups is 1. The van der Waals surface area contributed by atoms with Crippen LogP contribution in [-0.4, -0.2) is 35.4 Å². The number of aliphatic hydroxyl groups is 1. The lowest BCUT2D eigenvalue weighted by Crippen LogP contribution is -2.52. The van der Waals surface area contributed by atoms with E-state index in [2.05, 4.69) is 10.6 Å². The maximum absolute atomic E-state index is 11.0. The SMILES string of the molecule is CNc1cc(CNC(C)(CO)C(=O)O)ccc1C. The van der Waals surface area contributed by atoms with E-state index in [9.17, 15) is 4.79 Å². The Morgan fingerprint density at radius 1 is 1.44 bits per heavy atom. The molecular weight excluding hydrogens is 232 g/mol. The largest absolute Gasteiger partial charge is 0.480 e. The van der Waals surface area contributed by atoms with E-state index in [-0.39, 0.29) is 0 Å². The molecule has 0 fully saturated rings. The van der Waals surface area contributed by atoms with Crippen molar-refractivity contribution in [3.63, 3.8) is 0 Å². The van der Waals surface area contributed by atoms with Gasteiger partial charge in [-0.2, -0.15) is 0 Å². The predicted molar refractivity (Wildman–Crippen MR) is 70.7 cm³/mol. The number of aliphatic hydroxyl groups excluding tert-OH is 1. The summed E-state index contributed by atoms with van der Waals surface area (Å²) in [5, 5.41) is 24.1. The van der Waals surface area contributed by atoms with Gasteiger partial charge in [-0.15, -0.1) is 0 Å². The first-order valence-electron chi connectivity index (χ1n) is 5.79. The Hall–Kier alpha value is -1.59. The van der Waals surface area contributed by atoms with E-state index in [1.54, 1.807) is 0 Å². The van der Waals surface area contributed by atoms with Crippen molar-refractivity contribution in [1.82, 2.24) is 5.32 Å². The molecule has 0 aromatic heterocycles. The fourth-order valence-electron chi connectivity index (χ4n) is 1.54. The van der Waals surface area contributed by atoms with Crippen LogP contribution in [0.1, 0.15) is 18.1 Å². The lowest BCUT2D eigenvalue weighted by molar-refractivity contribution is -0.145. The lowest BCUT2D eigenvalue weighted by atomic mass is 10.0. The van der Waals surface area contributed by atoms with Gasteiger partial charge in [-0.3, -0.25) is 10.1 Å². The number of benzene rings is 1. The molecule has 1 atom stereocenters. The quantitative estimate of drug-likeness (QED) is 0.606. The van der Waals surface area contributed by atoms with Crippen LogP contribution in [0.5, 0.6) is 0 Å². The molecule has 100 valence electrons. The molecule has 18 heavy (non-hydrogen) atoms. The van der Waals surface area contributed by atoms with E-state index in [0.717, 1.165) is 16.8 Å². The zero-order valence-electron chi connectivity index (χ0n) is 10.9. The second kappa shape index (κ2) is 5.84.